The van der Waals surface area contributed by atoms with Crippen LogP contribution in [-0.4, -0.2) is 10.5 Å². The number of halogens is 2. The van der Waals surface area contributed by atoms with Crippen LogP contribution in [0.25, 0.3) is 0 Å². The molecule has 0 radical (unpaired) electrons. The van der Waals surface area contributed by atoms with Gasteiger partial charge in [-0.25, -0.2) is 0 Å². The highest BCUT2D eigenvalue weighted by Crippen LogP contribution is 2.33. The summed E-state index contributed by atoms with van der Waals surface area (Å²) in [5, 5.41) is 4.03. The fourth-order valence-corrected chi connectivity index (χ4v) is 2.31. The Kier molecular flexibility index (Phi) is 5.25. The molecule has 0 spiro atoms. The molecule has 2 rings (SSSR count). The molecular formula is C16H18BrClN2O. The third kappa shape index (κ3) is 4.99. The molecule has 1 heterocycles. The van der Waals surface area contributed by atoms with E-state index in [4.69, 9.17) is 16.3 Å². The molecule has 1 aromatic heterocycles. The first-order valence-corrected chi connectivity index (χ1v) is 7.83. The number of rotatable bonds is 4. The SMILES string of the molecule is CC(C)(C)NCc1cccc(Cl)c1Oc1cncc(Br)c1. The number of hydrogen-bond acceptors (Lipinski definition) is 3. The maximum absolute atomic E-state index is 6.28. The summed E-state index contributed by atoms with van der Waals surface area (Å²) in [7, 11) is 0. The molecule has 21 heavy (non-hydrogen) atoms. The Balaban J connectivity index is 2.25. The number of aromatic nitrogens is 1. The summed E-state index contributed by atoms with van der Waals surface area (Å²) in [6, 6.07) is 7.61. The average molecular weight is 370 g/mol. The second kappa shape index (κ2) is 6.77. The van der Waals surface area contributed by atoms with E-state index in [1.54, 1.807) is 12.4 Å². The molecule has 0 fully saturated rings. The van der Waals surface area contributed by atoms with E-state index < -0.39 is 0 Å². The van der Waals surface area contributed by atoms with Crippen LogP contribution in [0.2, 0.25) is 5.02 Å². The zero-order valence-corrected chi connectivity index (χ0v) is 14.6. The monoisotopic (exact) mass is 368 g/mol. The molecule has 0 aliphatic heterocycles. The molecule has 5 heteroatoms. The zero-order chi connectivity index (χ0) is 15.5. The van der Waals surface area contributed by atoms with Crippen LogP contribution in [0.4, 0.5) is 0 Å². The van der Waals surface area contributed by atoms with E-state index in [0.29, 0.717) is 23.1 Å². The van der Waals surface area contributed by atoms with Crippen LogP contribution < -0.4 is 10.1 Å². The molecule has 0 atom stereocenters. The minimum atomic E-state index is 0.0247. The topological polar surface area (TPSA) is 34.1 Å². The first-order valence-electron chi connectivity index (χ1n) is 6.66. The lowest BCUT2D eigenvalue weighted by Gasteiger charge is -2.22. The molecule has 1 aromatic carbocycles. The van der Waals surface area contributed by atoms with Crippen molar-refractivity contribution in [2.24, 2.45) is 0 Å². The first-order chi connectivity index (χ1) is 9.85. The quantitative estimate of drug-likeness (QED) is 0.806. The lowest BCUT2D eigenvalue weighted by molar-refractivity contribution is 0.414. The highest BCUT2D eigenvalue weighted by molar-refractivity contribution is 9.10. The van der Waals surface area contributed by atoms with Crippen LogP contribution in [0.3, 0.4) is 0 Å². The van der Waals surface area contributed by atoms with E-state index in [-0.39, 0.29) is 5.54 Å². The smallest absolute Gasteiger partial charge is 0.150 e. The summed E-state index contributed by atoms with van der Waals surface area (Å²) in [5.74, 6) is 1.31. The van der Waals surface area contributed by atoms with Gasteiger partial charge in [0.25, 0.3) is 0 Å². The van der Waals surface area contributed by atoms with Crippen LogP contribution in [0.5, 0.6) is 11.5 Å². The molecule has 0 amide bonds. The molecule has 0 aliphatic rings. The minimum Gasteiger partial charge on any atom is -0.454 e. The van der Waals surface area contributed by atoms with Crippen molar-refractivity contribution in [2.75, 3.05) is 0 Å². The molecule has 1 N–H and O–H groups in total. The third-order valence-electron chi connectivity index (χ3n) is 2.76. The Morgan fingerprint density at radius 2 is 2.05 bits per heavy atom. The molecule has 3 nitrogen and oxygen atoms in total. The Hall–Kier alpha value is -1.10. The fourth-order valence-electron chi connectivity index (χ4n) is 1.73. The Morgan fingerprint density at radius 3 is 2.71 bits per heavy atom. The lowest BCUT2D eigenvalue weighted by Crippen LogP contribution is -2.35. The van der Waals surface area contributed by atoms with E-state index in [9.17, 15) is 0 Å². The first kappa shape index (κ1) is 16.3. The second-order valence-electron chi connectivity index (χ2n) is 5.77. The van der Waals surface area contributed by atoms with Gasteiger partial charge in [0.2, 0.25) is 0 Å². The van der Waals surface area contributed by atoms with Crippen molar-refractivity contribution < 1.29 is 4.74 Å². The number of hydrogen-bond donors (Lipinski definition) is 1. The summed E-state index contributed by atoms with van der Waals surface area (Å²) in [5.41, 5.74) is 1.04. The summed E-state index contributed by atoms with van der Waals surface area (Å²) < 4.78 is 6.78. The van der Waals surface area contributed by atoms with Gasteiger partial charge < -0.3 is 10.1 Å². The summed E-state index contributed by atoms with van der Waals surface area (Å²) in [6.45, 7) is 7.05. The van der Waals surface area contributed by atoms with Gasteiger partial charge in [-0.05, 0) is 48.8 Å². The zero-order valence-electron chi connectivity index (χ0n) is 12.3. The van der Waals surface area contributed by atoms with Crippen LogP contribution in [0.15, 0.2) is 41.1 Å². The standard InChI is InChI=1S/C16H18BrClN2O/c1-16(2,3)20-8-11-5-4-6-14(18)15(11)21-13-7-12(17)9-19-10-13/h4-7,9-10,20H,8H2,1-3H3. The van der Waals surface area contributed by atoms with Crippen molar-refractivity contribution in [3.05, 3.63) is 51.7 Å². The third-order valence-corrected chi connectivity index (χ3v) is 3.49. The predicted octanol–water partition coefficient (Wildman–Crippen LogP) is 5.18. The van der Waals surface area contributed by atoms with Gasteiger partial charge in [-0.1, -0.05) is 23.7 Å². The largest absolute Gasteiger partial charge is 0.454 e. The lowest BCUT2D eigenvalue weighted by atomic mass is 10.1. The van der Waals surface area contributed by atoms with Gasteiger partial charge in [0.15, 0.2) is 5.75 Å². The van der Waals surface area contributed by atoms with Crippen LogP contribution in [-0.2, 0) is 6.54 Å². The molecule has 2 aromatic rings. The summed E-state index contributed by atoms with van der Waals surface area (Å²) in [4.78, 5) is 4.09. The van der Waals surface area contributed by atoms with Crippen molar-refractivity contribution in [1.29, 1.82) is 0 Å². The summed E-state index contributed by atoms with van der Waals surface area (Å²) in [6.07, 6.45) is 3.37. The predicted molar refractivity (Wildman–Crippen MR) is 90.1 cm³/mol. The Labute approximate surface area is 138 Å². The molecule has 112 valence electrons. The highest BCUT2D eigenvalue weighted by Gasteiger charge is 2.14. The van der Waals surface area contributed by atoms with E-state index in [1.807, 2.05) is 24.3 Å². The van der Waals surface area contributed by atoms with Gasteiger partial charge in [0, 0.05) is 28.3 Å². The minimum absolute atomic E-state index is 0.0247. The molecular weight excluding hydrogens is 352 g/mol. The number of ether oxygens (including phenoxy) is 1. The van der Waals surface area contributed by atoms with Crippen LogP contribution in [0.1, 0.15) is 26.3 Å². The van der Waals surface area contributed by atoms with Gasteiger partial charge in [-0.2, -0.15) is 0 Å². The van der Waals surface area contributed by atoms with Gasteiger partial charge in [-0.15, -0.1) is 0 Å². The fraction of sp³-hybridized carbons (Fsp3) is 0.312. The van der Waals surface area contributed by atoms with Crippen molar-refractivity contribution in [2.45, 2.75) is 32.9 Å². The summed E-state index contributed by atoms with van der Waals surface area (Å²) >= 11 is 9.67. The van der Waals surface area contributed by atoms with Gasteiger partial charge in [0.1, 0.15) is 5.75 Å². The van der Waals surface area contributed by atoms with E-state index in [1.165, 1.54) is 0 Å². The highest BCUT2D eigenvalue weighted by atomic mass is 79.9. The molecule has 0 saturated carbocycles. The molecule has 0 unspecified atom stereocenters. The molecule has 0 aliphatic carbocycles. The van der Waals surface area contributed by atoms with Crippen LogP contribution >= 0.6 is 27.5 Å². The number of nitrogens with zero attached hydrogens (tertiary/aromatic N) is 1. The normalized spacial score (nSPS) is 11.5. The van der Waals surface area contributed by atoms with Gasteiger partial charge in [0.05, 0.1) is 11.2 Å². The number of benzene rings is 1. The molecule has 0 saturated heterocycles. The van der Waals surface area contributed by atoms with Gasteiger partial charge in [-0.3, -0.25) is 4.98 Å². The number of pyridine rings is 1. The maximum atomic E-state index is 6.28. The number of nitrogens with one attached hydrogen (secondary N) is 1. The molecule has 0 bridgehead atoms. The van der Waals surface area contributed by atoms with E-state index >= 15 is 0 Å². The Bertz CT molecular complexity index is 626. The van der Waals surface area contributed by atoms with Crippen molar-refractivity contribution in [3.63, 3.8) is 0 Å². The van der Waals surface area contributed by atoms with Gasteiger partial charge >= 0.3 is 0 Å². The maximum Gasteiger partial charge on any atom is 0.150 e. The second-order valence-corrected chi connectivity index (χ2v) is 7.10. The van der Waals surface area contributed by atoms with E-state index in [0.717, 1.165) is 10.0 Å². The van der Waals surface area contributed by atoms with E-state index in [2.05, 4.69) is 47.0 Å². The van der Waals surface area contributed by atoms with Crippen molar-refractivity contribution >= 4 is 27.5 Å². The Morgan fingerprint density at radius 1 is 1.29 bits per heavy atom. The van der Waals surface area contributed by atoms with Crippen molar-refractivity contribution in [1.82, 2.24) is 10.3 Å². The van der Waals surface area contributed by atoms with Crippen LogP contribution in [0, 0.1) is 0 Å². The number of para-hydroxylation sites is 1. The average Bonchev–Trinajstić information content (AvgIpc) is 2.39. The van der Waals surface area contributed by atoms with Crippen molar-refractivity contribution in [3.8, 4) is 11.5 Å².